The van der Waals surface area contributed by atoms with Crippen molar-refractivity contribution >= 4 is 0 Å². The van der Waals surface area contributed by atoms with E-state index in [9.17, 15) is 8.78 Å². The molecule has 0 aliphatic heterocycles. The van der Waals surface area contributed by atoms with Crippen molar-refractivity contribution in [3.63, 3.8) is 0 Å². The molecule has 17 heavy (non-hydrogen) atoms. The average molecular weight is 243 g/mol. The Morgan fingerprint density at radius 2 is 2.00 bits per heavy atom. The highest BCUT2D eigenvalue weighted by molar-refractivity contribution is 5.34. The zero-order valence-corrected chi connectivity index (χ0v) is 10.5. The molecule has 0 radical (unpaired) electrons. The van der Waals surface area contributed by atoms with Gasteiger partial charge in [0.15, 0.2) is 0 Å². The summed E-state index contributed by atoms with van der Waals surface area (Å²) in [5.74, 6) is 0.650. The van der Waals surface area contributed by atoms with E-state index in [1.807, 2.05) is 25.1 Å². The van der Waals surface area contributed by atoms with E-state index >= 15 is 0 Å². The minimum Gasteiger partial charge on any atom is -0.496 e. The van der Waals surface area contributed by atoms with Crippen LogP contribution in [-0.2, 0) is 6.42 Å². The van der Waals surface area contributed by atoms with Gasteiger partial charge in [-0.2, -0.15) is 0 Å². The van der Waals surface area contributed by atoms with E-state index in [0.29, 0.717) is 12.3 Å². The highest BCUT2D eigenvalue weighted by Crippen LogP contribution is 2.26. The highest BCUT2D eigenvalue weighted by Gasteiger charge is 2.34. The van der Waals surface area contributed by atoms with Gasteiger partial charge < -0.3 is 10.1 Å². The molecule has 1 unspecified atom stereocenters. The van der Waals surface area contributed by atoms with Crippen LogP contribution in [0.3, 0.4) is 0 Å². The zero-order valence-electron chi connectivity index (χ0n) is 10.5. The molecule has 96 valence electrons. The molecule has 0 spiro atoms. The number of nitrogens with one attached hydrogen (secondary N) is 1. The Bertz CT molecular complexity index is 357. The lowest BCUT2D eigenvalue weighted by Gasteiger charge is -2.30. The fourth-order valence-corrected chi connectivity index (χ4v) is 1.87. The molecular formula is C13H19F2NO. The van der Waals surface area contributed by atoms with Crippen LogP contribution >= 0.6 is 0 Å². The Hall–Kier alpha value is -1.16. The molecule has 0 aliphatic rings. The second-order valence-electron chi connectivity index (χ2n) is 4.24. The standard InChI is InChI=1S/C13H19F2NO/c1-4-16-13(2,12(14)15)9-10-7-5-6-8-11(10)17-3/h5-8,12,16H,4,9H2,1-3H3. The van der Waals surface area contributed by atoms with Crippen molar-refractivity contribution in [1.29, 1.82) is 0 Å². The van der Waals surface area contributed by atoms with Crippen LogP contribution in [0.4, 0.5) is 8.78 Å². The van der Waals surface area contributed by atoms with Gasteiger partial charge in [0.2, 0.25) is 0 Å². The molecule has 4 heteroatoms. The third-order valence-corrected chi connectivity index (χ3v) is 2.81. The van der Waals surface area contributed by atoms with E-state index < -0.39 is 12.0 Å². The number of likely N-dealkylation sites (N-methyl/N-ethyl adjacent to an activating group) is 1. The summed E-state index contributed by atoms with van der Waals surface area (Å²) in [7, 11) is 1.55. The molecule has 0 fully saturated rings. The van der Waals surface area contributed by atoms with Crippen molar-refractivity contribution in [3.05, 3.63) is 29.8 Å². The van der Waals surface area contributed by atoms with E-state index in [1.165, 1.54) is 6.92 Å². The molecule has 0 saturated heterocycles. The molecule has 0 aliphatic carbocycles. The molecule has 1 N–H and O–H groups in total. The Labute approximate surface area is 101 Å². The lowest BCUT2D eigenvalue weighted by molar-refractivity contribution is 0.0412. The summed E-state index contributed by atoms with van der Waals surface area (Å²) < 4.78 is 31.4. The van der Waals surface area contributed by atoms with Crippen LogP contribution in [0.5, 0.6) is 5.75 Å². The van der Waals surface area contributed by atoms with Crippen LogP contribution in [0.2, 0.25) is 0 Å². The fraction of sp³-hybridized carbons (Fsp3) is 0.538. The first-order chi connectivity index (χ1) is 8.03. The summed E-state index contributed by atoms with van der Waals surface area (Å²) in [4.78, 5) is 0. The minimum absolute atomic E-state index is 0.239. The van der Waals surface area contributed by atoms with Gasteiger partial charge in [-0.15, -0.1) is 0 Å². The highest BCUT2D eigenvalue weighted by atomic mass is 19.3. The molecule has 0 heterocycles. The van der Waals surface area contributed by atoms with E-state index in [4.69, 9.17) is 4.74 Å². The monoisotopic (exact) mass is 243 g/mol. The summed E-state index contributed by atoms with van der Waals surface area (Å²) in [6, 6.07) is 7.26. The fourth-order valence-electron chi connectivity index (χ4n) is 1.87. The Morgan fingerprint density at radius 3 is 2.53 bits per heavy atom. The number of halogens is 2. The lowest BCUT2D eigenvalue weighted by atomic mass is 9.92. The van der Waals surface area contributed by atoms with E-state index in [1.54, 1.807) is 13.2 Å². The lowest BCUT2D eigenvalue weighted by Crippen LogP contribution is -2.50. The molecule has 0 bridgehead atoms. The number of rotatable bonds is 6. The third-order valence-electron chi connectivity index (χ3n) is 2.81. The van der Waals surface area contributed by atoms with Crippen LogP contribution < -0.4 is 10.1 Å². The van der Waals surface area contributed by atoms with Crippen molar-refractivity contribution in [1.82, 2.24) is 5.32 Å². The van der Waals surface area contributed by atoms with Crippen molar-refractivity contribution in [2.45, 2.75) is 32.2 Å². The van der Waals surface area contributed by atoms with Gasteiger partial charge in [0, 0.05) is 0 Å². The van der Waals surface area contributed by atoms with E-state index in [2.05, 4.69) is 5.32 Å². The van der Waals surface area contributed by atoms with Gasteiger partial charge in [0.25, 0.3) is 6.43 Å². The predicted molar refractivity (Wildman–Crippen MR) is 64.8 cm³/mol. The van der Waals surface area contributed by atoms with Gasteiger partial charge in [-0.05, 0) is 31.5 Å². The number of methoxy groups -OCH3 is 1. The Kier molecular flexibility index (Phi) is 4.87. The van der Waals surface area contributed by atoms with Crippen molar-refractivity contribution in [3.8, 4) is 5.75 Å². The summed E-state index contributed by atoms with van der Waals surface area (Å²) in [5, 5.41) is 2.85. The maximum atomic E-state index is 13.1. The predicted octanol–water partition coefficient (Wildman–Crippen LogP) is 2.87. The van der Waals surface area contributed by atoms with Crippen LogP contribution in [0.1, 0.15) is 19.4 Å². The molecule has 1 rings (SSSR count). The summed E-state index contributed by atoms with van der Waals surface area (Å²) in [6.07, 6.45) is -2.19. The van der Waals surface area contributed by atoms with Crippen LogP contribution in [-0.4, -0.2) is 25.6 Å². The van der Waals surface area contributed by atoms with Gasteiger partial charge in [0.1, 0.15) is 5.75 Å². The molecule has 2 nitrogen and oxygen atoms in total. The molecule has 0 amide bonds. The quantitative estimate of drug-likeness (QED) is 0.829. The van der Waals surface area contributed by atoms with Crippen LogP contribution in [0.15, 0.2) is 24.3 Å². The van der Waals surface area contributed by atoms with Gasteiger partial charge in [-0.3, -0.25) is 0 Å². The largest absolute Gasteiger partial charge is 0.496 e. The van der Waals surface area contributed by atoms with Crippen molar-refractivity contribution in [2.24, 2.45) is 0 Å². The zero-order chi connectivity index (χ0) is 12.9. The summed E-state index contributed by atoms with van der Waals surface area (Å²) in [5.41, 5.74) is -0.428. The number of alkyl halides is 2. The third kappa shape index (κ3) is 3.40. The van der Waals surface area contributed by atoms with Crippen molar-refractivity contribution < 1.29 is 13.5 Å². The molecule has 0 saturated carbocycles. The van der Waals surface area contributed by atoms with Crippen LogP contribution in [0.25, 0.3) is 0 Å². The van der Waals surface area contributed by atoms with E-state index in [0.717, 1.165) is 5.56 Å². The Balaban J connectivity index is 2.93. The molecule has 1 aromatic carbocycles. The topological polar surface area (TPSA) is 21.3 Å². The number of hydrogen-bond donors (Lipinski definition) is 1. The second kappa shape index (κ2) is 5.96. The minimum atomic E-state index is -2.42. The maximum Gasteiger partial charge on any atom is 0.256 e. The number of hydrogen-bond acceptors (Lipinski definition) is 2. The van der Waals surface area contributed by atoms with Crippen LogP contribution in [0, 0.1) is 0 Å². The molecular weight excluding hydrogens is 224 g/mol. The van der Waals surface area contributed by atoms with Gasteiger partial charge in [0.05, 0.1) is 12.6 Å². The first-order valence-corrected chi connectivity index (χ1v) is 5.68. The molecule has 1 aromatic rings. The summed E-state index contributed by atoms with van der Waals surface area (Å²) >= 11 is 0. The van der Waals surface area contributed by atoms with Gasteiger partial charge in [-0.25, -0.2) is 8.78 Å². The molecule has 0 aromatic heterocycles. The smallest absolute Gasteiger partial charge is 0.256 e. The van der Waals surface area contributed by atoms with Crippen molar-refractivity contribution in [2.75, 3.05) is 13.7 Å². The second-order valence-corrected chi connectivity index (χ2v) is 4.24. The normalized spacial score (nSPS) is 14.7. The Morgan fingerprint density at radius 1 is 1.35 bits per heavy atom. The SMILES string of the molecule is CCNC(C)(Cc1ccccc1OC)C(F)F. The van der Waals surface area contributed by atoms with Gasteiger partial charge >= 0.3 is 0 Å². The first kappa shape index (κ1) is 13.9. The number of para-hydroxylation sites is 1. The molecule has 1 atom stereocenters. The average Bonchev–Trinajstić information content (AvgIpc) is 2.30. The number of benzene rings is 1. The van der Waals surface area contributed by atoms with Gasteiger partial charge in [-0.1, -0.05) is 25.1 Å². The number of ether oxygens (including phenoxy) is 1. The van der Waals surface area contributed by atoms with E-state index in [-0.39, 0.29) is 6.42 Å². The maximum absolute atomic E-state index is 13.1. The summed E-state index contributed by atoms with van der Waals surface area (Å²) in [6.45, 7) is 3.87. The first-order valence-electron chi connectivity index (χ1n) is 5.68.